The van der Waals surface area contributed by atoms with Gasteiger partial charge in [-0.2, -0.15) is 18.4 Å². The molecule has 1 aliphatic heterocycles. The number of ether oxygens (including phenoxy) is 1. The van der Waals surface area contributed by atoms with Gasteiger partial charge in [-0.05, 0) is 44.3 Å². The molecule has 27 heavy (non-hydrogen) atoms. The zero-order valence-electron chi connectivity index (χ0n) is 14.8. The van der Waals surface area contributed by atoms with Crippen LogP contribution in [0.15, 0.2) is 18.2 Å². The van der Waals surface area contributed by atoms with E-state index < -0.39 is 34.7 Å². The van der Waals surface area contributed by atoms with Crippen molar-refractivity contribution in [3.05, 3.63) is 29.3 Å². The predicted octanol–water partition coefficient (Wildman–Crippen LogP) is 2.85. The summed E-state index contributed by atoms with van der Waals surface area (Å²) in [6.07, 6.45) is -4.80. The van der Waals surface area contributed by atoms with Crippen LogP contribution in [-0.4, -0.2) is 41.1 Å². The first-order valence-electron chi connectivity index (χ1n) is 7.79. The molecule has 1 aromatic carbocycles. The summed E-state index contributed by atoms with van der Waals surface area (Å²) < 4.78 is 44.2. The van der Waals surface area contributed by atoms with Crippen LogP contribution in [0.1, 0.15) is 31.4 Å². The zero-order valence-corrected chi connectivity index (χ0v) is 15.6. The highest BCUT2D eigenvalue weighted by atomic mass is 32.1. The Labute approximate surface area is 159 Å². The van der Waals surface area contributed by atoms with Crippen molar-refractivity contribution in [3.8, 4) is 6.07 Å². The smallest absolute Gasteiger partial charge is 0.417 e. The Bertz CT molecular complexity index is 846. The summed E-state index contributed by atoms with van der Waals surface area (Å²) in [5.41, 5.74) is -2.95. The van der Waals surface area contributed by atoms with Crippen molar-refractivity contribution in [2.24, 2.45) is 0 Å². The van der Waals surface area contributed by atoms with Gasteiger partial charge in [-0.3, -0.25) is 14.5 Å². The Morgan fingerprint density at radius 1 is 1.37 bits per heavy atom. The maximum atomic E-state index is 13.2. The van der Waals surface area contributed by atoms with Crippen molar-refractivity contribution >= 4 is 34.9 Å². The molecule has 1 heterocycles. The highest BCUT2D eigenvalue weighted by Crippen LogP contribution is 2.37. The molecule has 144 valence electrons. The van der Waals surface area contributed by atoms with Crippen molar-refractivity contribution in [1.82, 2.24) is 4.90 Å². The Kier molecular flexibility index (Phi) is 5.47. The largest absolute Gasteiger partial charge is 0.469 e. The van der Waals surface area contributed by atoms with Crippen LogP contribution in [-0.2, 0) is 20.5 Å². The van der Waals surface area contributed by atoms with E-state index in [1.54, 1.807) is 13.8 Å². The fraction of sp³-hybridized carbons (Fsp3) is 0.412. The maximum Gasteiger partial charge on any atom is 0.417 e. The lowest BCUT2D eigenvalue weighted by molar-refractivity contribution is -0.141. The van der Waals surface area contributed by atoms with Crippen molar-refractivity contribution in [2.75, 3.05) is 18.6 Å². The van der Waals surface area contributed by atoms with E-state index in [-0.39, 0.29) is 23.8 Å². The summed E-state index contributed by atoms with van der Waals surface area (Å²) in [6.45, 7) is 3.20. The third-order valence-corrected chi connectivity index (χ3v) is 4.68. The summed E-state index contributed by atoms with van der Waals surface area (Å²) in [6, 6.07) is 4.45. The van der Waals surface area contributed by atoms with Crippen molar-refractivity contribution in [3.63, 3.8) is 0 Å². The molecule has 0 saturated carbocycles. The van der Waals surface area contributed by atoms with E-state index in [1.165, 1.54) is 24.1 Å². The minimum Gasteiger partial charge on any atom is -0.469 e. The van der Waals surface area contributed by atoms with Gasteiger partial charge in [-0.15, -0.1) is 0 Å². The van der Waals surface area contributed by atoms with E-state index in [2.05, 4.69) is 4.74 Å². The van der Waals surface area contributed by atoms with Crippen molar-refractivity contribution in [1.29, 1.82) is 5.26 Å². The first kappa shape index (κ1) is 20.6. The molecule has 0 aliphatic carbocycles. The van der Waals surface area contributed by atoms with Gasteiger partial charge >= 0.3 is 12.1 Å². The monoisotopic (exact) mass is 399 g/mol. The average molecular weight is 399 g/mol. The topological polar surface area (TPSA) is 73.6 Å². The molecular weight excluding hydrogens is 383 g/mol. The number of rotatable bonds is 4. The van der Waals surface area contributed by atoms with E-state index >= 15 is 0 Å². The molecule has 2 rings (SSSR count). The minimum absolute atomic E-state index is 0.0215. The normalized spacial score (nSPS) is 16.5. The van der Waals surface area contributed by atoms with Gasteiger partial charge in [0, 0.05) is 6.54 Å². The van der Waals surface area contributed by atoms with Crippen molar-refractivity contribution in [2.45, 2.75) is 32.0 Å². The van der Waals surface area contributed by atoms with Gasteiger partial charge in [0.05, 0.1) is 36.4 Å². The van der Waals surface area contributed by atoms with Gasteiger partial charge in [0.2, 0.25) is 0 Å². The highest BCUT2D eigenvalue weighted by Gasteiger charge is 2.49. The Balaban J connectivity index is 2.45. The zero-order chi connectivity index (χ0) is 20.6. The summed E-state index contributed by atoms with van der Waals surface area (Å²) in [4.78, 5) is 26.7. The third kappa shape index (κ3) is 3.73. The first-order chi connectivity index (χ1) is 12.4. The molecule has 1 saturated heterocycles. The molecule has 0 atom stereocenters. The summed E-state index contributed by atoms with van der Waals surface area (Å²) in [7, 11) is 1.22. The second-order valence-corrected chi connectivity index (χ2v) is 6.66. The Hall–Kier alpha value is -2.67. The number of anilines is 1. The summed E-state index contributed by atoms with van der Waals surface area (Å²) in [5.74, 6) is -1.03. The van der Waals surface area contributed by atoms with Crippen LogP contribution in [0.2, 0.25) is 0 Å². The quantitative estimate of drug-likeness (QED) is 0.573. The van der Waals surface area contributed by atoms with Crippen LogP contribution < -0.4 is 4.90 Å². The van der Waals surface area contributed by atoms with E-state index in [0.717, 1.165) is 17.0 Å². The molecule has 0 radical (unpaired) electrons. The molecule has 0 bridgehead atoms. The van der Waals surface area contributed by atoms with Crippen LogP contribution in [0.3, 0.4) is 0 Å². The van der Waals surface area contributed by atoms with E-state index in [0.29, 0.717) is 0 Å². The fourth-order valence-electron chi connectivity index (χ4n) is 2.75. The second kappa shape index (κ2) is 7.15. The number of esters is 1. The lowest BCUT2D eigenvalue weighted by Crippen LogP contribution is -2.45. The third-order valence-electron chi connectivity index (χ3n) is 4.28. The van der Waals surface area contributed by atoms with Gasteiger partial charge in [0.25, 0.3) is 5.91 Å². The molecule has 1 fully saturated rings. The number of carbonyl (C=O) groups is 2. The van der Waals surface area contributed by atoms with Gasteiger partial charge < -0.3 is 9.64 Å². The summed E-state index contributed by atoms with van der Waals surface area (Å²) in [5, 5.41) is 8.88. The number of thiocarbonyl (C=S) groups is 1. The molecular formula is C17H16F3N3O3S. The molecule has 0 unspecified atom stereocenters. The number of methoxy groups -OCH3 is 1. The highest BCUT2D eigenvalue weighted by molar-refractivity contribution is 7.80. The van der Waals surface area contributed by atoms with Crippen molar-refractivity contribution < 1.29 is 27.5 Å². The number of halogens is 3. The molecule has 0 aromatic heterocycles. The summed E-state index contributed by atoms with van der Waals surface area (Å²) >= 11 is 5.29. The van der Waals surface area contributed by atoms with Crippen LogP contribution in [0.5, 0.6) is 0 Å². The van der Waals surface area contributed by atoms with E-state index in [9.17, 15) is 22.8 Å². The van der Waals surface area contributed by atoms with Gasteiger partial charge in [-0.1, -0.05) is 0 Å². The molecule has 1 aliphatic rings. The molecule has 0 spiro atoms. The predicted molar refractivity (Wildman–Crippen MR) is 93.7 cm³/mol. The molecule has 6 nitrogen and oxygen atoms in total. The van der Waals surface area contributed by atoms with Crippen LogP contribution in [0.4, 0.5) is 18.9 Å². The molecule has 10 heteroatoms. The second-order valence-electron chi connectivity index (χ2n) is 6.30. The molecule has 1 amide bonds. The number of benzene rings is 1. The fourth-order valence-corrected chi connectivity index (χ4v) is 3.25. The maximum absolute atomic E-state index is 13.2. The lowest BCUT2D eigenvalue weighted by Gasteiger charge is -2.28. The average Bonchev–Trinajstić information content (AvgIpc) is 2.76. The number of hydrogen-bond acceptors (Lipinski definition) is 5. The Morgan fingerprint density at radius 3 is 2.52 bits per heavy atom. The minimum atomic E-state index is -4.76. The number of hydrogen-bond donors (Lipinski definition) is 0. The van der Waals surface area contributed by atoms with E-state index in [1.807, 2.05) is 0 Å². The standard InChI is InChI=1S/C17H16F3N3O3S/c1-16(2)14(25)23(15(27)22(16)7-6-13(24)26-3)11-5-4-10(9-21)12(8-11)17(18,19)20/h4-5,8H,6-7H2,1-3H3. The lowest BCUT2D eigenvalue weighted by atomic mass is 10.0. The van der Waals surface area contributed by atoms with Crippen LogP contribution in [0.25, 0.3) is 0 Å². The molecule has 0 N–H and O–H groups in total. The molecule has 1 aromatic rings. The van der Waals surface area contributed by atoms with Gasteiger partial charge in [-0.25, -0.2) is 0 Å². The van der Waals surface area contributed by atoms with Crippen LogP contribution in [0, 0.1) is 11.3 Å². The van der Waals surface area contributed by atoms with Gasteiger partial charge in [0.15, 0.2) is 5.11 Å². The van der Waals surface area contributed by atoms with E-state index in [4.69, 9.17) is 17.5 Å². The first-order valence-corrected chi connectivity index (χ1v) is 8.20. The number of amides is 1. The van der Waals surface area contributed by atoms with Gasteiger partial charge in [0.1, 0.15) is 5.54 Å². The van der Waals surface area contributed by atoms with Crippen LogP contribution >= 0.6 is 12.2 Å². The SMILES string of the molecule is COC(=O)CCN1C(=S)N(c2ccc(C#N)c(C(F)(F)F)c2)C(=O)C1(C)C. The number of carbonyl (C=O) groups excluding carboxylic acids is 2. The number of nitrogens with zero attached hydrogens (tertiary/aromatic N) is 3. The number of nitriles is 1. The number of alkyl halides is 3. The Morgan fingerprint density at radius 2 is 2.00 bits per heavy atom.